The van der Waals surface area contributed by atoms with E-state index in [1.165, 1.54) is 24.3 Å². The molecule has 0 aliphatic rings. The van der Waals surface area contributed by atoms with Crippen LogP contribution in [0.1, 0.15) is 16.1 Å². The van der Waals surface area contributed by atoms with Gasteiger partial charge in [0.15, 0.2) is 5.69 Å². The maximum Gasteiger partial charge on any atom is 0.418 e. The van der Waals surface area contributed by atoms with Gasteiger partial charge in [0.25, 0.3) is 5.91 Å². The van der Waals surface area contributed by atoms with Gasteiger partial charge in [-0.15, -0.1) is 0 Å². The fourth-order valence-corrected chi connectivity index (χ4v) is 2.46. The number of amides is 1. The molecule has 1 heterocycles. The van der Waals surface area contributed by atoms with Crippen molar-refractivity contribution in [2.24, 2.45) is 0 Å². The summed E-state index contributed by atoms with van der Waals surface area (Å²) in [6.07, 6.45) is -3.55. The Morgan fingerprint density at radius 2 is 1.81 bits per heavy atom. The normalized spacial score (nSPS) is 11.4. The summed E-state index contributed by atoms with van der Waals surface area (Å²) in [5, 5.41) is 2.80. The molecule has 0 radical (unpaired) electrons. The SMILES string of the molecule is O=C(Nc1ccccc1C(F)(F)F)c1coc(-c2ccc(Cl)c(Cl)c2)n1. The standard InChI is InChI=1S/C17H9Cl2F3N2O2/c18-11-6-5-9(7-12(11)19)16-24-14(8-26-16)15(25)23-13-4-2-1-3-10(13)17(20,21)22/h1-8H,(H,23,25). The van der Waals surface area contributed by atoms with Gasteiger partial charge in [-0.2, -0.15) is 13.2 Å². The number of alkyl halides is 3. The van der Waals surface area contributed by atoms with E-state index >= 15 is 0 Å². The van der Waals surface area contributed by atoms with Crippen molar-refractivity contribution in [2.45, 2.75) is 6.18 Å². The van der Waals surface area contributed by atoms with Gasteiger partial charge in [0, 0.05) is 5.56 Å². The van der Waals surface area contributed by atoms with Crippen LogP contribution >= 0.6 is 23.2 Å². The second-order valence-corrected chi connectivity index (χ2v) is 5.98. The second-order valence-electron chi connectivity index (χ2n) is 5.16. The van der Waals surface area contributed by atoms with Crippen molar-refractivity contribution in [1.29, 1.82) is 0 Å². The molecule has 0 fully saturated rings. The first-order chi connectivity index (χ1) is 12.3. The van der Waals surface area contributed by atoms with Crippen LogP contribution in [0.5, 0.6) is 0 Å². The van der Waals surface area contributed by atoms with Gasteiger partial charge in [-0.05, 0) is 30.3 Å². The van der Waals surface area contributed by atoms with Crippen LogP contribution < -0.4 is 5.32 Å². The molecule has 0 bridgehead atoms. The molecule has 0 unspecified atom stereocenters. The maximum absolute atomic E-state index is 13.0. The number of aromatic nitrogens is 1. The molecule has 9 heteroatoms. The molecular weight excluding hydrogens is 392 g/mol. The molecule has 1 aromatic heterocycles. The summed E-state index contributed by atoms with van der Waals surface area (Å²) in [4.78, 5) is 16.2. The Bertz CT molecular complexity index is 971. The highest BCUT2D eigenvalue weighted by Gasteiger charge is 2.33. The Kier molecular flexibility index (Phi) is 4.93. The van der Waals surface area contributed by atoms with Crippen molar-refractivity contribution < 1.29 is 22.4 Å². The van der Waals surface area contributed by atoms with Gasteiger partial charge >= 0.3 is 6.18 Å². The van der Waals surface area contributed by atoms with E-state index in [-0.39, 0.29) is 22.3 Å². The van der Waals surface area contributed by atoms with Crippen molar-refractivity contribution in [2.75, 3.05) is 5.32 Å². The molecule has 0 saturated heterocycles. The van der Waals surface area contributed by atoms with E-state index in [1.54, 1.807) is 6.07 Å². The third-order valence-electron chi connectivity index (χ3n) is 3.38. The van der Waals surface area contributed by atoms with Crippen LogP contribution in [0.25, 0.3) is 11.5 Å². The van der Waals surface area contributed by atoms with Gasteiger partial charge in [-0.25, -0.2) is 4.98 Å². The Hall–Kier alpha value is -2.51. The molecule has 0 saturated carbocycles. The summed E-state index contributed by atoms with van der Waals surface area (Å²) >= 11 is 11.7. The number of halogens is 5. The molecule has 3 rings (SSSR count). The van der Waals surface area contributed by atoms with E-state index in [9.17, 15) is 18.0 Å². The third kappa shape index (κ3) is 3.84. The smallest absolute Gasteiger partial charge is 0.418 e. The molecule has 2 aromatic carbocycles. The number of oxazole rings is 1. The first-order valence-electron chi connectivity index (χ1n) is 7.14. The van der Waals surface area contributed by atoms with Gasteiger partial charge in [0.05, 0.1) is 21.3 Å². The molecule has 1 amide bonds. The summed E-state index contributed by atoms with van der Waals surface area (Å²) in [5.74, 6) is -0.755. The summed E-state index contributed by atoms with van der Waals surface area (Å²) in [5.41, 5.74) is -1.04. The zero-order valence-corrected chi connectivity index (χ0v) is 14.3. The van der Waals surface area contributed by atoms with Crippen molar-refractivity contribution in [1.82, 2.24) is 4.98 Å². The highest BCUT2D eigenvalue weighted by molar-refractivity contribution is 6.42. The predicted molar refractivity (Wildman–Crippen MR) is 91.4 cm³/mol. The number of nitrogens with zero attached hydrogens (tertiary/aromatic N) is 1. The minimum atomic E-state index is -4.60. The van der Waals surface area contributed by atoms with E-state index in [0.29, 0.717) is 10.6 Å². The fraction of sp³-hybridized carbons (Fsp3) is 0.0588. The van der Waals surface area contributed by atoms with Crippen LogP contribution in [0.2, 0.25) is 10.0 Å². The monoisotopic (exact) mass is 400 g/mol. The van der Waals surface area contributed by atoms with Crippen LogP contribution in [0.4, 0.5) is 18.9 Å². The van der Waals surface area contributed by atoms with Crippen LogP contribution in [0, 0.1) is 0 Å². The van der Waals surface area contributed by atoms with E-state index in [2.05, 4.69) is 10.3 Å². The molecular formula is C17H9Cl2F3N2O2. The molecule has 0 atom stereocenters. The highest BCUT2D eigenvalue weighted by Crippen LogP contribution is 2.35. The van der Waals surface area contributed by atoms with Crippen molar-refractivity contribution in [3.05, 3.63) is 70.0 Å². The number of rotatable bonds is 3. The summed E-state index contributed by atoms with van der Waals surface area (Å²) in [6, 6.07) is 9.26. The summed E-state index contributed by atoms with van der Waals surface area (Å²) in [7, 11) is 0. The van der Waals surface area contributed by atoms with Gasteiger partial charge in [0.2, 0.25) is 5.89 Å². The van der Waals surface area contributed by atoms with E-state index in [0.717, 1.165) is 18.4 Å². The zero-order valence-electron chi connectivity index (χ0n) is 12.8. The minimum Gasteiger partial charge on any atom is -0.444 e. The second kappa shape index (κ2) is 7.01. The van der Waals surface area contributed by atoms with Crippen LogP contribution in [-0.2, 0) is 6.18 Å². The Morgan fingerprint density at radius 3 is 2.50 bits per heavy atom. The van der Waals surface area contributed by atoms with E-state index < -0.39 is 17.6 Å². The molecule has 3 aromatic rings. The molecule has 1 N–H and O–H groups in total. The van der Waals surface area contributed by atoms with Gasteiger partial charge in [0.1, 0.15) is 6.26 Å². The first-order valence-corrected chi connectivity index (χ1v) is 7.90. The lowest BCUT2D eigenvalue weighted by Gasteiger charge is -2.12. The Balaban J connectivity index is 1.84. The lowest BCUT2D eigenvalue weighted by Crippen LogP contribution is -2.16. The topological polar surface area (TPSA) is 55.1 Å². The molecule has 0 aliphatic heterocycles. The van der Waals surface area contributed by atoms with E-state index in [1.807, 2.05) is 0 Å². The number of para-hydroxylation sites is 1. The van der Waals surface area contributed by atoms with Gasteiger partial charge < -0.3 is 9.73 Å². The van der Waals surface area contributed by atoms with Crippen LogP contribution in [0.3, 0.4) is 0 Å². The third-order valence-corrected chi connectivity index (χ3v) is 4.12. The first kappa shape index (κ1) is 18.3. The highest BCUT2D eigenvalue weighted by atomic mass is 35.5. The zero-order chi connectivity index (χ0) is 18.9. The number of benzene rings is 2. The lowest BCUT2D eigenvalue weighted by atomic mass is 10.1. The quantitative estimate of drug-likeness (QED) is 0.593. The summed E-state index contributed by atoms with van der Waals surface area (Å²) in [6.45, 7) is 0. The predicted octanol–water partition coefficient (Wildman–Crippen LogP) is 5.92. The Labute approximate surface area is 155 Å². The van der Waals surface area contributed by atoms with E-state index in [4.69, 9.17) is 27.6 Å². The largest absolute Gasteiger partial charge is 0.444 e. The number of carbonyl (C=O) groups is 1. The Morgan fingerprint density at radius 1 is 1.08 bits per heavy atom. The summed E-state index contributed by atoms with van der Waals surface area (Å²) < 4.78 is 44.2. The number of carbonyl (C=O) groups excluding carboxylic acids is 1. The maximum atomic E-state index is 13.0. The molecule has 134 valence electrons. The number of hydrogen-bond acceptors (Lipinski definition) is 3. The van der Waals surface area contributed by atoms with Crippen LogP contribution in [0.15, 0.2) is 53.1 Å². The van der Waals surface area contributed by atoms with Crippen molar-refractivity contribution in [3.63, 3.8) is 0 Å². The van der Waals surface area contributed by atoms with Crippen LogP contribution in [-0.4, -0.2) is 10.9 Å². The molecule has 0 aliphatic carbocycles. The van der Waals surface area contributed by atoms with Gasteiger partial charge in [-0.1, -0.05) is 35.3 Å². The van der Waals surface area contributed by atoms with Crippen molar-refractivity contribution in [3.8, 4) is 11.5 Å². The molecule has 0 spiro atoms. The molecule has 26 heavy (non-hydrogen) atoms. The average molecular weight is 401 g/mol. The van der Waals surface area contributed by atoms with Gasteiger partial charge in [-0.3, -0.25) is 4.79 Å². The number of hydrogen-bond donors (Lipinski definition) is 1. The minimum absolute atomic E-state index is 0.0813. The number of nitrogens with one attached hydrogen (secondary N) is 1. The molecule has 4 nitrogen and oxygen atoms in total. The average Bonchev–Trinajstić information content (AvgIpc) is 3.07. The fourth-order valence-electron chi connectivity index (χ4n) is 2.17. The number of anilines is 1. The van der Waals surface area contributed by atoms with Crippen molar-refractivity contribution >= 4 is 34.8 Å². The lowest BCUT2D eigenvalue weighted by molar-refractivity contribution is -0.136.